The summed E-state index contributed by atoms with van der Waals surface area (Å²) in [5.41, 5.74) is 0. The maximum atomic E-state index is 12.4. The number of hydrogen-bond donors (Lipinski definition) is 0. The molecule has 1 aliphatic rings. The lowest BCUT2D eigenvalue weighted by molar-refractivity contribution is -0.155. The number of carbonyl (C=O) groups is 2. The van der Waals surface area contributed by atoms with Crippen LogP contribution in [0.3, 0.4) is 0 Å². The fourth-order valence-corrected chi connectivity index (χ4v) is 2.37. The van der Waals surface area contributed by atoms with Crippen LogP contribution in [0.4, 0.5) is 0 Å². The summed E-state index contributed by atoms with van der Waals surface area (Å²) >= 11 is 0. The molecular weight excluding hydrogens is 260 g/mol. The van der Waals surface area contributed by atoms with Crippen molar-refractivity contribution in [2.75, 3.05) is 7.11 Å². The number of esters is 1. The molecule has 110 valence electrons. The Morgan fingerprint density at radius 1 is 1.50 bits per heavy atom. The smallest absolute Gasteiger partial charge is 0.328 e. The molecule has 0 aromatic carbocycles. The molecule has 0 N–H and O–H groups in total. The number of rotatable bonds is 6. The summed E-state index contributed by atoms with van der Waals surface area (Å²) in [6.07, 6.45) is 6.33. The van der Waals surface area contributed by atoms with Crippen molar-refractivity contribution in [1.82, 2.24) is 19.7 Å². The van der Waals surface area contributed by atoms with Gasteiger partial charge in [-0.15, -0.1) is 0 Å². The zero-order valence-electron chi connectivity index (χ0n) is 11.9. The first-order chi connectivity index (χ1) is 9.63. The maximum absolute atomic E-state index is 12.4. The van der Waals surface area contributed by atoms with Gasteiger partial charge in [0.15, 0.2) is 0 Å². The van der Waals surface area contributed by atoms with Gasteiger partial charge in [0.25, 0.3) is 0 Å². The Bertz CT molecular complexity index is 456. The van der Waals surface area contributed by atoms with Crippen molar-refractivity contribution >= 4 is 11.9 Å². The zero-order chi connectivity index (χ0) is 14.5. The Labute approximate surface area is 117 Å². The van der Waals surface area contributed by atoms with Crippen molar-refractivity contribution in [3.8, 4) is 0 Å². The highest BCUT2D eigenvalue weighted by Gasteiger charge is 2.35. The van der Waals surface area contributed by atoms with Gasteiger partial charge in [-0.3, -0.25) is 9.48 Å². The summed E-state index contributed by atoms with van der Waals surface area (Å²) in [7, 11) is 1.34. The average Bonchev–Trinajstić information content (AvgIpc) is 2.91. The molecule has 1 saturated carbocycles. The van der Waals surface area contributed by atoms with Gasteiger partial charge in [-0.2, -0.15) is 5.10 Å². The van der Waals surface area contributed by atoms with E-state index < -0.39 is 6.04 Å². The molecule has 1 amide bonds. The molecule has 1 atom stereocenters. The van der Waals surface area contributed by atoms with E-state index in [4.69, 9.17) is 4.74 Å². The zero-order valence-corrected chi connectivity index (χ0v) is 11.9. The van der Waals surface area contributed by atoms with Gasteiger partial charge < -0.3 is 9.64 Å². The fraction of sp³-hybridized carbons (Fsp3) is 0.692. The van der Waals surface area contributed by atoms with Gasteiger partial charge in [0.05, 0.1) is 13.7 Å². The van der Waals surface area contributed by atoms with Crippen LogP contribution >= 0.6 is 0 Å². The van der Waals surface area contributed by atoms with Gasteiger partial charge in [-0.05, 0) is 26.2 Å². The first kappa shape index (κ1) is 14.5. The van der Waals surface area contributed by atoms with E-state index in [-0.39, 0.29) is 17.9 Å². The number of methoxy groups -OCH3 is 1. The van der Waals surface area contributed by atoms with Crippen LogP contribution in [0.2, 0.25) is 0 Å². The number of nitrogens with zero attached hydrogens (tertiary/aromatic N) is 4. The van der Waals surface area contributed by atoms with Crippen molar-refractivity contribution in [1.29, 1.82) is 0 Å². The minimum atomic E-state index is -0.534. The normalized spacial score (nSPS) is 16.3. The van der Waals surface area contributed by atoms with E-state index in [0.29, 0.717) is 13.0 Å². The Morgan fingerprint density at radius 2 is 2.25 bits per heavy atom. The minimum absolute atomic E-state index is 0.0388. The number of aromatic nitrogens is 3. The third kappa shape index (κ3) is 3.15. The summed E-state index contributed by atoms with van der Waals surface area (Å²) in [6, 6.07) is -0.374. The number of carbonyl (C=O) groups excluding carboxylic acids is 2. The Balaban J connectivity index is 1.98. The second kappa shape index (κ2) is 6.49. The summed E-state index contributed by atoms with van der Waals surface area (Å²) in [5.74, 6) is -0.408. The van der Waals surface area contributed by atoms with Gasteiger partial charge in [0.2, 0.25) is 5.91 Å². The molecule has 0 saturated heterocycles. The van der Waals surface area contributed by atoms with Gasteiger partial charge in [-0.1, -0.05) is 0 Å². The van der Waals surface area contributed by atoms with Crippen LogP contribution in [0.5, 0.6) is 0 Å². The van der Waals surface area contributed by atoms with Crippen LogP contribution in [-0.4, -0.2) is 50.7 Å². The largest absolute Gasteiger partial charge is 0.467 e. The topological polar surface area (TPSA) is 77.3 Å². The lowest BCUT2D eigenvalue weighted by atomic mass is 9.90. The molecule has 1 aromatic rings. The Hall–Kier alpha value is -1.92. The molecule has 0 radical (unpaired) electrons. The highest BCUT2D eigenvalue weighted by atomic mass is 16.5. The van der Waals surface area contributed by atoms with E-state index in [1.807, 2.05) is 0 Å². The molecule has 0 spiro atoms. The maximum Gasteiger partial charge on any atom is 0.328 e. The van der Waals surface area contributed by atoms with Crippen LogP contribution < -0.4 is 0 Å². The number of amides is 1. The molecule has 1 fully saturated rings. The van der Waals surface area contributed by atoms with Crippen molar-refractivity contribution in [3.63, 3.8) is 0 Å². The van der Waals surface area contributed by atoms with E-state index in [1.54, 1.807) is 22.8 Å². The SMILES string of the molecule is COC(=O)[C@@H](C)N(C(=O)CCn1cncn1)C1CCC1. The molecule has 7 heteroatoms. The minimum Gasteiger partial charge on any atom is -0.467 e. The van der Waals surface area contributed by atoms with Gasteiger partial charge >= 0.3 is 5.97 Å². The van der Waals surface area contributed by atoms with E-state index >= 15 is 0 Å². The first-order valence-electron chi connectivity index (χ1n) is 6.85. The monoisotopic (exact) mass is 280 g/mol. The van der Waals surface area contributed by atoms with Crippen molar-refractivity contribution in [3.05, 3.63) is 12.7 Å². The van der Waals surface area contributed by atoms with E-state index in [0.717, 1.165) is 19.3 Å². The second-order valence-corrected chi connectivity index (χ2v) is 4.99. The molecule has 0 unspecified atom stereocenters. The van der Waals surface area contributed by atoms with E-state index in [9.17, 15) is 9.59 Å². The third-order valence-electron chi connectivity index (χ3n) is 3.74. The molecular formula is C13H20N4O3. The molecule has 1 aromatic heterocycles. The standard InChI is InChI=1S/C13H20N4O3/c1-10(13(19)20-2)17(11-4-3-5-11)12(18)6-7-16-9-14-8-15-16/h8-11H,3-7H2,1-2H3/t10-/m1/s1. The van der Waals surface area contributed by atoms with Crippen molar-refractivity contribution in [2.45, 2.75) is 51.2 Å². The number of hydrogen-bond acceptors (Lipinski definition) is 5. The van der Waals surface area contributed by atoms with Crippen LogP contribution in [0.1, 0.15) is 32.6 Å². The fourth-order valence-electron chi connectivity index (χ4n) is 2.37. The highest BCUT2D eigenvalue weighted by molar-refractivity contribution is 5.84. The van der Waals surface area contributed by atoms with E-state index in [2.05, 4.69) is 10.1 Å². The predicted octanol–water partition coefficient (Wildman–Crippen LogP) is 0.611. The van der Waals surface area contributed by atoms with Crippen LogP contribution in [0, 0.1) is 0 Å². The Kier molecular flexibility index (Phi) is 4.70. The third-order valence-corrected chi connectivity index (χ3v) is 3.74. The van der Waals surface area contributed by atoms with Gasteiger partial charge in [0.1, 0.15) is 18.7 Å². The summed E-state index contributed by atoms with van der Waals surface area (Å²) in [6.45, 7) is 2.19. The predicted molar refractivity (Wildman–Crippen MR) is 70.6 cm³/mol. The number of aryl methyl sites for hydroxylation is 1. The summed E-state index contributed by atoms with van der Waals surface area (Å²) < 4.78 is 6.36. The van der Waals surface area contributed by atoms with Crippen LogP contribution in [-0.2, 0) is 20.9 Å². The number of ether oxygens (including phenoxy) is 1. The summed E-state index contributed by atoms with van der Waals surface area (Å²) in [5, 5.41) is 3.97. The van der Waals surface area contributed by atoms with Crippen LogP contribution in [0.25, 0.3) is 0 Å². The molecule has 2 rings (SSSR count). The average molecular weight is 280 g/mol. The van der Waals surface area contributed by atoms with Crippen molar-refractivity contribution in [2.24, 2.45) is 0 Å². The lowest BCUT2D eigenvalue weighted by Gasteiger charge is -2.40. The molecule has 1 aliphatic carbocycles. The van der Waals surface area contributed by atoms with Crippen molar-refractivity contribution < 1.29 is 14.3 Å². The van der Waals surface area contributed by atoms with E-state index in [1.165, 1.54) is 13.4 Å². The molecule has 20 heavy (non-hydrogen) atoms. The van der Waals surface area contributed by atoms with Gasteiger partial charge in [0, 0.05) is 12.5 Å². The molecule has 0 aliphatic heterocycles. The second-order valence-electron chi connectivity index (χ2n) is 4.99. The first-order valence-corrected chi connectivity index (χ1v) is 6.85. The Morgan fingerprint density at radius 3 is 2.75 bits per heavy atom. The highest BCUT2D eigenvalue weighted by Crippen LogP contribution is 2.27. The quantitative estimate of drug-likeness (QED) is 0.714. The summed E-state index contributed by atoms with van der Waals surface area (Å²) in [4.78, 5) is 29.6. The molecule has 1 heterocycles. The van der Waals surface area contributed by atoms with Gasteiger partial charge in [-0.25, -0.2) is 9.78 Å². The lowest BCUT2D eigenvalue weighted by Crippen LogP contribution is -2.52. The molecule has 0 bridgehead atoms. The molecule has 7 nitrogen and oxygen atoms in total. The van der Waals surface area contributed by atoms with Crippen LogP contribution in [0.15, 0.2) is 12.7 Å².